The predicted octanol–water partition coefficient (Wildman–Crippen LogP) is 6.76. The molecule has 0 amide bonds. The van der Waals surface area contributed by atoms with E-state index in [1.807, 2.05) is 12.1 Å². The molecule has 0 unspecified atom stereocenters. The van der Waals surface area contributed by atoms with Gasteiger partial charge >= 0.3 is 0 Å². The van der Waals surface area contributed by atoms with Crippen LogP contribution in [-0.4, -0.2) is 16.3 Å². The topological polar surface area (TPSA) is 29.9 Å². The number of hydrogen-bond donors (Lipinski definition) is 1. The zero-order chi connectivity index (χ0) is 21.2. The largest absolute Gasteiger partial charge is 0.370 e. The Hall–Kier alpha value is -3.04. The number of aryl methyl sites for hydroxylation is 1. The second kappa shape index (κ2) is 8.60. The minimum atomic E-state index is 0.0879. The van der Waals surface area contributed by atoms with E-state index < -0.39 is 0 Å². The minimum absolute atomic E-state index is 0.0879. The van der Waals surface area contributed by atoms with E-state index in [2.05, 4.69) is 83.7 Å². The third-order valence-corrected chi connectivity index (χ3v) is 6.32. The first-order valence-corrected chi connectivity index (χ1v) is 11.3. The SMILES string of the molecule is Cc1cc(Cl)ccc1-n1nc(C(c2ccccc2)c2ccccc2)c2c1NCCCC2. The molecule has 0 saturated carbocycles. The maximum atomic E-state index is 6.24. The number of hydrogen-bond acceptors (Lipinski definition) is 2. The van der Waals surface area contributed by atoms with Crippen LogP contribution in [0, 0.1) is 6.92 Å². The maximum absolute atomic E-state index is 6.24. The Balaban J connectivity index is 1.75. The van der Waals surface area contributed by atoms with Crippen LogP contribution in [0.3, 0.4) is 0 Å². The van der Waals surface area contributed by atoms with Crippen molar-refractivity contribution in [3.63, 3.8) is 0 Å². The molecule has 156 valence electrons. The molecule has 0 saturated heterocycles. The number of nitrogens with zero attached hydrogens (tertiary/aromatic N) is 2. The van der Waals surface area contributed by atoms with Crippen LogP contribution in [0.25, 0.3) is 5.69 Å². The van der Waals surface area contributed by atoms with Gasteiger partial charge in [-0.1, -0.05) is 72.3 Å². The van der Waals surface area contributed by atoms with Crippen molar-refractivity contribution in [1.29, 1.82) is 0 Å². The minimum Gasteiger partial charge on any atom is -0.370 e. The average Bonchev–Trinajstić information content (AvgIpc) is 2.96. The predicted molar refractivity (Wildman–Crippen MR) is 129 cm³/mol. The molecule has 3 aromatic carbocycles. The van der Waals surface area contributed by atoms with Crippen LogP contribution in [-0.2, 0) is 6.42 Å². The van der Waals surface area contributed by atoms with Gasteiger partial charge in [-0.05, 0) is 61.1 Å². The summed E-state index contributed by atoms with van der Waals surface area (Å²) in [5, 5.41) is 9.69. The molecule has 0 bridgehead atoms. The van der Waals surface area contributed by atoms with Crippen molar-refractivity contribution in [3.05, 3.63) is 112 Å². The van der Waals surface area contributed by atoms with E-state index in [9.17, 15) is 0 Å². The van der Waals surface area contributed by atoms with Crippen molar-refractivity contribution in [2.45, 2.75) is 32.1 Å². The van der Waals surface area contributed by atoms with E-state index in [0.717, 1.165) is 53.6 Å². The maximum Gasteiger partial charge on any atom is 0.133 e. The fourth-order valence-corrected chi connectivity index (χ4v) is 4.82. The molecule has 1 aromatic heterocycles. The van der Waals surface area contributed by atoms with E-state index in [1.54, 1.807) is 0 Å². The molecule has 1 aliphatic rings. The molecule has 3 nitrogen and oxygen atoms in total. The second-order valence-electron chi connectivity index (χ2n) is 8.19. The number of fused-ring (bicyclic) bond motifs is 1. The molecular weight excluding hydrogens is 402 g/mol. The van der Waals surface area contributed by atoms with Gasteiger partial charge in [0.05, 0.1) is 17.3 Å². The van der Waals surface area contributed by atoms with Gasteiger partial charge in [0.1, 0.15) is 5.82 Å². The van der Waals surface area contributed by atoms with Crippen molar-refractivity contribution >= 4 is 17.4 Å². The van der Waals surface area contributed by atoms with Crippen LogP contribution in [0.5, 0.6) is 0 Å². The van der Waals surface area contributed by atoms with Gasteiger partial charge in [0.15, 0.2) is 0 Å². The van der Waals surface area contributed by atoms with E-state index in [0.29, 0.717) is 0 Å². The lowest BCUT2D eigenvalue weighted by Gasteiger charge is -2.18. The average molecular weight is 428 g/mol. The first kappa shape index (κ1) is 19.9. The molecule has 1 aliphatic heterocycles. The van der Waals surface area contributed by atoms with Gasteiger partial charge in [-0.25, -0.2) is 4.68 Å². The Labute approximate surface area is 188 Å². The lowest BCUT2D eigenvalue weighted by atomic mass is 9.86. The molecule has 0 radical (unpaired) electrons. The molecule has 2 heterocycles. The molecule has 31 heavy (non-hydrogen) atoms. The van der Waals surface area contributed by atoms with Crippen LogP contribution in [0.4, 0.5) is 5.82 Å². The first-order valence-electron chi connectivity index (χ1n) is 10.9. The summed E-state index contributed by atoms with van der Waals surface area (Å²) in [7, 11) is 0. The van der Waals surface area contributed by atoms with E-state index in [-0.39, 0.29) is 5.92 Å². The zero-order valence-corrected chi connectivity index (χ0v) is 18.4. The molecule has 1 N–H and O–H groups in total. The van der Waals surface area contributed by atoms with E-state index in [1.165, 1.54) is 16.7 Å². The summed E-state index contributed by atoms with van der Waals surface area (Å²) in [6.45, 7) is 3.06. The van der Waals surface area contributed by atoms with Crippen molar-refractivity contribution in [2.75, 3.05) is 11.9 Å². The third-order valence-electron chi connectivity index (χ3n) is 6.09. The zero-order valence-electron chi connectivity index (χ0n) is 17.7. The molecule has 0 fully saturated rings. The summed E-state index contributed by atoms with van der Waals surface area (Å²) >= 11 is 6.24. The van der Waals surface area contributed by atoms with Gasteiger partial charge in [0, 0.05) is 17.1 Å². The fourth-order valence-electron chi connectivity index (χ4n) is 4.59. The van der Waals surface area contributed by atoms with Crippen LogP contribution in [0.15, 0.2) is 78.9 Å². The number of aromatic nitrogens is 2. The highest BCUT2D eigenvalue weighted by molar-refractivity contribution is 6.30. The highest BCUT2D eigenvalue weighted by atomic mass is 35.5. The molecule has 0 atom stereocenters. The summed E-state index contributed by atoms with van der Waals surface area (Å²) in [6.07, 6.45) is 3.35. The smallest absolute Gasteiger partial charge is 0.133 e. The van der Waals surface area contributed by atoms with Gasteiger partial charge < -0.3 is 5.32 Å². The van der Waals surface area contributed by atoms with Crippen molar-refractivity contribution < 1.29 is 0 Å². The Kier molecular flexibility index (Phi) is 5.52. The highest BCUT2D eigenvalue weighted by Crippen LogP contribution is 2.39. The summed E-state index contributed by atoms with van der Waals surface area (Å²) in [5.41, 5.74) is 7.17. The van der Waals surface area contributed by atoms with Crippen LogP contribution >= 0.6 is 11.6 Å². The standard InChI is InChI=1S/C27H26ClN3/c1-19-18-22(28)15-16-24(19)31-27-23(14-8-9-17-29-27)26(30-31)25(20-10-4-2-5-11-20)21-12-6-3-7-13-21/h2-7,10-13,15-16,18,25,29H,8-9,14,17H2,1H3. The van der Waals surface area contributed by atoms with Crippen LogP contribution < -0.4 is 5.32 Å². The first-order chi connectivity index (χ1) is 15.2. The molecule has 4 heteroatoms. The molecule has 4 aromatic rings. The number of rotatable bonds is 4. The van der Waals surface area contributed by atoms with Gasteiger partial charge in [-0.15, -0.1) is 0 Å². The highest BCUT2D eigenvalue weighted by Gasteiger charge is 2.28. The van der Waals surface area contributed by atoms with Gasteiger partial charge in [-0.3, -0.25) is 0 Å². The van der Waals surface area contributed by atoms with Crippen molar-refractivity contribution in [1.82, 2.24) is 9.78 Å². The van der Waals surface area contributed by atoms with E-state index >= 15 is 0 Å². The lowest BCUT2D eigenvalue weighted by molar-refractivity contribution is 0.754. The number of halogens is 1. The van der Waals surface area contributed by atoms with Crippen LogP contribution in [0.1, 0.15) is 46.7 Å². The Morgan fingerprint density at radius 3 is 2.23 bits per heavy atom. The second-order valence-corrected chi connectivity index (χ2v) is 8.63. The monoisotopic (exact) mass is 427 g/mol. The molecule has 5 rings (SSSR count). The van der Waals surface area contributed by atoms with Gasteiger partial charge in [0.2, 0.25) is 0 Å². The van der Waals surface area contributed by atoms with Crippen molar-refractivity contribution in [2.24, 2.45) is 0 Å². The third kappa shape index (κ3) is 3.86. The van der Waals surface area contributed by atoms with Gasteiger partial charge in [0.25, 0.3) is 0 Å². The number of benzene rings is 3. The Morgan fingerprint density at radius 2 is 1.58 bits per heavy atom. The Morgan fingerprint density at radius 1 is 0.903 bits per heavy atom. The summed E-state index contributed by atoms with van der Waals surface area (Å²) in [6, 6.07) is 27.5. The number of anilines is 1. The summed E-state index contributed by atoms with van der Waals surface area (Å²) in [4.78, 5) is 0. The molecule has 0 spiro atoms. The van der Waals surface area contributed by atoms with E-state index in [4.69, 9.17) is 16.7 Å². The molecular formula is C27H26ClN3. The fraction of sp³-hybridized carbons (Fsp3) is 0.222. The number of nitrogens with one attached hydrogen (secondary N) is 1. The van der Waals surface area contributed by atoms with Gasteiger partial charge in [-0.2, -0.15) is 5.10 Å². The summed E-state index contributed by atoms with van der Waals surface area (Å²) in [5.74, 6) is 1.21. The summed E-state index contributed by atoms with van der Waals surface area (Å²) < 4.78 is 2.10. The normalized spacial score (nSPS) is 13.5. The van der Waals surface area contributed by atoms with Crippen molar-refractivity contribution in [3.8, 4) is 5.69 Å². The lowest BCUT2D eigenvalue weighted by Crippen LogP contribution is -2.09. The molecule has 0 aliphatic carbocycles. The quantitative estimate of drug-likeness (QED) is 0.389. The Bertz CT molecular complexity index is 1140. The van der Waals surface area contributed by atoms with Crippen LogP contribution in [0.2, 0.25) is 5.02 Å².